The van der Waals surface area contributed by atoms with Gasteiger partial charge in [0.15, 0.2) is 0 Å². The molecule has 0 radical (unpaired) electrons. The van der Waals surface area contributed by atoms with Crippen LogP contribution >= 0.6 is 0 Å². The SMILES string of the molecule is COc1ccc2cc(CN3CCCNCC3)ccc2c1. The lowest BCUT2D eigenvalue weighted by atomic mass is 10.1. The van der Waals surface area contributed by atoms with E-state index >= 15 is 0 Å². The van der Waals surface area contributed by atoms with Gasteiger partial charge in [-0.3, -0.25) is 4.90 Å². The Balaban J connectivity index is 1.78. The van der Waals surface area contributed by atoms with E-state index in [1.54, 1.807) is 7.11 Å². The monoisotopic (exact) mass is 270 g/mol. The van der Waals surface area contributed by atoms with E-state index in [0.29, 0.717) is 0 Å². The van der Waals surface area contributed by atoms with Crippen molar-refractivity contribution in [1.82, 2.24) is 10.2 Å². The fraction of sp³-hybridized carbons (Fsp3) is 0.412. The van der Waals surface area contributed by atoms with Gasteiger partial charge in [-0.05, 0) is 54.0 Å². The quantitative estimate of drug-likeness (QED) is 0.928. The maximum Gasteiger partial charge on any atom is 0.119 e. The van der Waals surface area contributed by atoms with Crippen molar-refractivity contribution in [2.24, 2.45) is 0 Å². The third-order valence-corrected chi connectivity index (χ3v) is 3.95. The Bertz CT molecular complexity index is 574. The summed E-state index contributed by atoms with van der Waals surface area (Å²) in [6.07, 6.45) is 1.24. The van der Waals surface area contributed by atoms with Crippen LogP contribution in [0.15, 0.2) is 36.4 Å². The predicted octanol–water partition coefficient (Wildman–Crippen LogP) is 2.64. The molecule has 3 rings (SSSR count). The third kappa shape index (κ3) is 3.11. The average Bonchev–Trinajstić information content (AvgIpc) is 2.75. The number of ether oxygens (including phenoxy) is 1. The molecule has 0 aliphatic carbocycles. The fourth-order valence-electron chi connectivity index (χ4n) is 2.82. The zero-order chi connectivity index (χ0) is 13.8. The highest BCUT2D eigenvalue weighted by Gasteiger charge is 2.09. The predicted molar refractivity (Wildman–Crippen MR) is 83.3 cm³/mol. The Labute approximate surface area is 120 Å². The van der Waals surface area contributed by atoms with Gasteiger partial charge in [0.05, 0.1) is 7.11 Å². The minimum absolute atomic E-state index is 0.920. The Morgan fingerprint density at radius 1 is 1.05 bits per heavy atom. The molecule has 2 aromatic carbocycles. The highest BCUT2D eigenvalue weighted by atomic mass is 16.5. The first-order valence-corrected chi connectivity index (χ1v) is 7.35. The molecule has 3 heteroatoms. The molecule has 2 aromatic rings. The zero-order valence-corrected chi connectivity index (χ0v) is 12.1. The smallest absolute Gasteiger partial charge is 0.119 e. The summed E-state index contributed by atoms with van der Waals surface area (Å²) in [5, 5.41) is 5.98. The van der Waals surface area contributed by atoms with Gasteiger partial charge in [-0.25, -0.2) is 0 Å². The molecular formula is C17H22N2O. The summed E-state index contributed by atoms with van der Waals surface area (Å²) in [4.78, 5) is 2.53. The Morgan fingerprint density at radius 2 is 1.90 bits per heavy atom. The van der Waals surface area contributed by atoms with Gasteiger partial charge in [-0.15, -0.1) is 0 Å². The number of methoxy groups -OCH3 is 1. The van der Waals surface area contributed by atoms with Gasteiger partial charge in [0.25, 0.3) is 0 Å². The normalized spacial score (nSPS) is 17.1. The summed E-state index contributed by atoms with van der Waals surface area (Å²) < 4.78 is 5.27. The second kappa shape index (κ2) is 6.25. The van der Waals surface area contributed by atoms with Crippen LogP contribution in [0.1, 0.15) is 12.0 Å². The molecule has 0 unspecified atom stereocenters. The van der Waals surface area contributed by atoms with Crippen LogP contribution in [0.2, 0.25) is 0 Å². The van der Waals surface area contributed by atoms with Crippen molar-refractivity contribution in [3.63, 3.8) is 0 Å². The molecule has 1 N–H and O–H groups in total. The van der Waals surface area contributed by atoms with Gasteiger partial charge < -0.3 is 10.1 Å². The Kier molecular flexibility index (Phi) is 4.19. The number of rotatable bonds is 3. The van der Waals surface area contributed by atoms with Crippen molar-refractivity contribution in [1.29, 1.82) is 0 Å². The molecule has 1 heterocycles. The van der Waals surface area contributed by atoms with Crippen molar-refractivity contribution >= 4 is 10.8 Å². The summed E-state index contributed by atoms with van der Waals surface area (Å²) in [6, 6.07) is 13.0. The van der Waals surface area contributed by atoms with Gasteiger partial charge in [0.2, 0.25) is 0 Å². The minimum atomic E-state index is 0.920. The van der Waals surface area contributed by atoms with E-state index in [-0.39, 0.29) is 0 Å². The molecule has 1 fully saturated rings. The number of hydrogen-bond acceptors (Lipinski definition) is 3. The molecule has 0 atom stereocenters. The lowest BCUT2D eigenvalue weighted by Gasteiger charge is -2.19. The summed E-state index contributed by atoms with van der Waals surface area (Å²) >= 11 is 0. The first-order valence-electron chi connectivity index (χ1n) is 7.35. The number of nitrogens with zero attached hydrogens (tertiary/aromatic N) is 1. The van der Waals surface area contributed by atoms with E-state index in [1.807, 2.05) is 6.07 Å². The van der Waals surface area contributed by atoms with Crippen molar-refractivity contribution in [2.75, 3.05) is 33.3 Å². The lowest BCUT2D eigenvalue weighted by molar-refractivity contribution is 0.284. The van der Waals surface area contributed by atoms with E-state index in [1.165, 1.54) is 29.3 Å². The number of benzene rings is 2. The molecule has 1 saturated heterocycles. The maximum atomic E-state index is 5.27. The van der Waals surface area contributed by atoms with Gasteiger partial charge in [-0.1, -0.05) is 18.2 Å². The van der Waals surface area contributed by atoms with Crippen molar-refractivity contribution in [3.8, 4) is 5.75 Å². The number of nitrogens with one attached hydrogen (secondary N) is 1. The van der Waals surface area contributed by atoms with Crippen LogP contribution in [-0.2, 0) is 6.54 Å². The highest BCUT2D eigenvalue weighted by molar-refractivity contribution is 5.84. The van der Waals surface area contributed by atoms with Crippen LogP contribution in [0, 0.1) is 0 Å². The highest BCUT2D eigenvalue weighted by Crippen LogP contribution is 2.22. The number of fused-ring (bicyclic) bond motifs is 1. The summed E-state index contributed by atoms with van der Waals surface area (Å²) in [7, 11) is 1.71. The van der Waals surface area contributed by atoms with E-state index in [0.717, 1.165) is 31.9 Å². The van der Waals surface area contributed by atoms with Crippen molar-refractivity contribution < 1.29 is 4.74 Å². The second-order valence-corrected chi connectivity index (χ2v) is 5.43. The second-order valence-electron chi connectivity index (χ2n) is 5.43. The Morgan fingerprint density at radius 3 is 2.80 bits per heavy atom. The fourth-order valence-corrected chi connectivity index (χ4v) is 2.82. The molecule has 3 nitrogen and oxygen atoms in total. The van der Waals surface area contributed by atoms with E-state index < -0.39 is 0 Å². The maximum absolute atomic E-state index is 5.27. The van der Waals surface area contributed by atoms with Gasteiger partial charge >= 0.3 is 0 Å². The summed E-state index contributed by atoms with van der Waals surface area (Å²) in [6.45, 7) is 5.62. The standard InChI is InChI=1S/C17H22N2O/c1-20-17-6-5-15-11-14(3-4-16(15)12-17)13-19-9-2-7-18-8-10-19/h3-6,11-12,18H,2,7-10,13H2,1H3. The molecule has 1 aliphatic rings. The number of hydrogen-bond donors (Lipinski definition) is 1. The van der Waals surface area contributed by atoms with Gasteiger partial charge in [0.1, 0.15) is 5.75 Å². The zero-order valence-electron chi connectivity index (χ0n) is 12.1. The Hall–Kier alpha value is -1.58. The minimum Gasteiger partial charge on any atom is -0.497 e. The molecule has 0 spiro atoms. The molecule has 1 aliphatic heterocycles. The van der Waals surface area contributed by atoms with E-state index in [2.05, 4.69) is 40.5 Å². The first kappa shape index (κ1) is 13.4. The first-order chi connectivity index (χ1) is 9.85. The van der Waals surface area contributed by atoms with Gasteiger partial charge in [0, 0.05) is 19.6 Å². The molecule has 0 bridgehead atoms. The van der Waals surface area contributed by atoms with Crippen LogP contribution < -0.4 is 10.1 Å². The van der Waals surface area contributed by atoms with E-state index in [9.17, 15) is 0 Å². The van der Waals surface area contributed by atoms with Crippen LogP contribution in [-0.4, -0.2) is 38.2 Å². The largest absolute Gasteiger partial charge is 0.497 e. The van der Waals surface area contributed by atoms with Crippen LogP contribution in [0.4, 0.5) is 0 Å². The molecule has 0 aromatic heterocycles. The average molecular weight is 270 g/mol. The van der Waals surface area contributed by atoms with Crippen LogP contribution in [0.3, 0.4) is 0 Å². The topological polar surface area (TPSA) is 24.5 Å². The molecule has 106 valence electrons. The summed E-state index contributed by atoms with van der Waals surface area (Å²) in [5.41, 5.74) is 1.39. The summed E-state index contributed by atoms with van der Waals surface area (Å²) in [5.74, 6) is 0.920. The molecular weight excluding hydrogens is 248 g/mol. The molecule has 0 amide bonds. The van der Waals surface area contributed by atoms with Gasteiger partial charge in [-0.2, -0.15) is 0 Å². The van der Waals surface area contributed by atoms with Crippen molar-refractivity contribution in [2.45, 2.75) is 13.0 Å². The molecule has 20 heavy (non-hydrogen) atoms. The molecule has 0 saturated carbocycles. The third-order valence-electron chi connectivity index (χ3n) is 3.95. The van der Waals surface area contributed by atoms with Crippen molar-refractivity contribution in [3.05, 3.63) is 42.0 Å². The lowest BCUT2D eigenvalue weighted by Crippen LogP contribution is -2.27. The van der Waals surface area contributed by atoms with Crippen LogP contribution in [0.5, 0.6) is 5.75 Å². The van der Waals surface area contributed by atoms with E-state index in [4.69, 9.17) is 4.74 Å². The van der Waals surface area contributed by atoms with Crippen LogP contribution in [0.25, 0.3) is 10.8 Å².